The van der Waals surface area contributed by atoms with Gasteiger partial charge in [0.25, 0.3) is 0 Å². The maximum Gasteiger partial charge on any atom is 0.192 e. The minimum absolute atomic E-state index is 0.124. The summed E-state index contributed by atoms with van der Waals surface area (Å²) in [4.78, 5) is 7.25. The monoisotopic (exact) mass is 356 g/mol. The summed E-state index contributed by atoms with van der Waals surface area (Å²) in [6, 6.07) is 5.16. The smallest absolute Gasteiger partial charge is 0.192 e. The molecule has 0 N–H and O–H groups in total. The zero-order valence-electron chi connectivity index (χ0n) is 12.6. The first-order valence-corrected chi connectivity index (χ1v) is 10.2. The molecule has 0 saturated carbocycles. The molecule has 0 radical (unpaired) electrons. The topological polar surface area (TPSA) is 70.9 Å². The van der Waals surface area contributed by atoms with Crippen LogP contribution in [0.5, 0.6) is 0 Å². The molecule has 1 atom stereocenters. The summed E-state index contributed by atoms with van der Waals surface area (Å²) >= 11 is 3.33. The highest BCUT2D eigenvalue weighted by atomic mass is 79.9. The van der Waals surface area contributed by atoms with Crippen molar-refractivity contribution in [3.05, 3.63) is 38.9 Å². The second-order valence-electron chi connectivity index (χ2n) is 6.18. The van der Waals surface area contributed by atoms with Crippen LogP contribution in [-0.2, 0) is 4.43 Å². The van der Waals surface area contributed by atoms with Gasteiger partial charge in [-0.25, -0.2) is 4.98 Å². The van der Waals surface area contributed by atoms with Crippen molar-refractivity contribution in [2.75, 3.05) is 6.61 Å². The minimum atomic E-state index is -1.87. The van der Waals surface area contributed by atoms with E-state index in [1.165, 1.54) is 0 Å². The molecular weight excluding hydrogens is 336 g/mol. The maximum absolute atomic E-state index is 8.73. The van der Waals surface area contributed by atoms with E-state index in [1.54, 1.807) is 0 Å². The summed E-state index contributed by atoms with van der Waals surface area (Å²) in [5.41, 5.74) is 9.45. The molecular formula is C13H21BrN4OSi. The molecule has 0 amide bonds. The molecule has 0 aromatic carbocycles. The third kappa shape index (κ3) is 4.59. The van der Waals surface area contributed by atoms with E-state index < -0.39 is 14.4 Å². The van der Waals surface area contributed by atoms with E-state index in [4.69, 9.17) is 9.96 Å². The predicted octanol–water partition coefficient (Wildman–Crippen LogP) is 5.22. The van der Waals surface area contributed by atoms with Gasteiger partial charge in [0.1, 0.15) is 10.6 Å². The lowest BCUT2D eigenvalue weighted by Crippen LogP contribution is -2.41. The molecule has 1 aromatic heterocycles. The normalized spacial score (nSPS) is 13.7. The van der Waals surface area contributed by atoms with Crippen molar-refractivity contribution in [3.8, 4) is 0 Å². The van der Waals surface area contributed by atoms with Gasteiger partial charge in [-0.3, -0.25) is 0 Å². The molecule has 7 heteroatoms. The van der Waals surface area contributed by atoms with Gasteiger partial charge >= 0.3 is 0 Å². The first-order valence-electron chi connectivity index (χ1n) is 6.48. The Labute approximate surface area is 129 Å². The molecule has 0 aliphatic carbocycles. The van der Waals surface area contributed by atoms with Crippen LogP contribution in [0.4, 0.5) is 0 Å². The summed E-state index contributed by atoms with van der Waals surface area (Å²) in [6.07, 6.45) is 0. The Kier molecular flexibility index (Phi) is 5.76. The molecule has 0 bridgehead atoms. The van der Waals surface area contributed by atoms with Gasteiger partial charge < -0.3 is 4.43 Å². The van der Waals surface area contributed by atoms with E-state index in [1.807, 2.05) is 18.2 Å². The average Bonchev–Trinajstić information content (AvgIpc) is 2.33. The molecule has 1 heterocycles. The quantitative estimate of drug-likeness (QED) is 0.238. The fourth-order valence-electron chi connectivity index (χ4n) is 1.35. The van der Waals surface area contributed by atoms with E-state index in [0.717, 1.165) is 10.3 Å². The molecule has 0 fully saturated rings. The first kappa shape index (κ1) is 17.2. The SMILES string of the molecule is CC(C)(C)[Si](C)(C)OC[C@@H](N=[N+]=[N-])c1cccc(Br)n1. The van der Waals surface area contributed by atoms with E-state index >= 15 is 0 Å². The molecule has 0 unspecified atom stereocenters. The summed E-state index contributed by atoms with van der Waals surface area (Å²) in [5, 5.41) is 3.94. The summed E-state index contributed by atoms with van der Waals surface area (Å²) < 4.78 is 6.84. The zero-order valence-corrected chi connectivity index (χ0v) is 15.2. The largest absolute Gasteiger partial charge is 0.416 e. The first-order chi connectivity index (χ1) is 9.17. The van der Waals surface area contributed by atoms with Gasteiger partial charge in [-0.05, 0) is 51.7 Å². The van der Waals surface area contributed by atoms with E-state index in [0.29, 0.717) is 6.61 Å². The molecule has 0 spiro atoms. The molecule has 5 nitrogen and oxygen atoms in total. The van der Waals surface area contributed by atoms with Crippen molar-refractivity contribution in [2.45, 2.75) is 44.9 Å². The van der Waals surface area contributed by atoms with Crippen LogP contribution in [0.3, 0.4) is 0 Å². The molecule has 1 aromatic rings. The fourth-order valence-corrected chi connectivity index (χ4v) is 2.72. The van der Waals surface area contributed by atoms with Gasteiger partial charge in [-0.15, -0.1) is 0 Å². The number of aromatic nitrogens is 1. The Morgan fingerprint density at radius 1 is 1.45 bits per heavy atom. The fraction of sp³-hybridized carbons (Fsp3) is 0.615. The predicted molar refractivity (Wildman–Crippen MR) is 87.0 cm³/mol. The van der Waals surface area contributed by atoms with Gasteiger partial charge in [0.15, 0.2) is 8.32 Å². The van der Waals surface area contributed by atoms with E-state index in [9.17, 15) is 0 Å². The third-order valence-electron chi connectivity index (χ3n) is 3.68. The molecule has 0 saturated heterocycles. The van der Waals surface area contributed by atoms with Gasteiger partial charge in [0.05, 0.1) is 5.69 Å². The van der Waals surface area contributed by atoms with Crippen molar-refractivity contribution >= 4 is 24.2 Å². The summed E-state index contributed by atoms with van der Waals surface area (Å²) in [7, 11) is -1.87. The second-order valence-corrected chi connectivity index (χ2v) is 11.8. The lowest BCUT2D eigenvalue weighted by Gasteiger charge is -2.36. The van der Waals surface area contributed by atoms with Gasteiger partial charge in [-0.2, -0.15) is 0 Å². The Balaban J connectivity index is 2.87. The van der Waals surface area contributed by atoms with Crippen LogP contribution in [0.15, 0.2) is 27.9 Å². The van der Waals surface area contributed by atoms with Gasteiger partial charge in [0, 0.05) is 11.5 Å². The van der Waals surface area contributed by atoms with Crippen LogP contribution in [0, 0.1) is 0 Å². The third-order valence-corrected chi connectivity index (χ3v) is 8.62. The number of halogens is 1. The molecule has 110 valence electrons. The summed E-state index contributed by atoms with van der Waals surface area (Å²) in [5.74, 6) is 0. The van der Waals surface area contributed by atoms with E-state index in [-0.39, 0.29) is 5.04 Å². The molecule has 0 aliphatic rings. The average molecular weight is 357 g/mol. The van der Waals surface area contributed by atoms with Crippen LogP contribution >= 0.6 is 15.9 Å². The number of azide groups is 1. The minimum Gasteiger partial charge on any atom is -0.416 e. The molecule has 1 rings (SSSR count). The lowest BCUT2D eigenvalue weighted by atomic mass is 10.2. The van der Waals surface area contributed by atoms with Crippen LogP contribution in [-0.4, -0.2) is 19.9 Å². The van der Waals surface area contributed by atoms with Gasteiger partial charge in [0.2, 0.25) is 0 Å². The van der Waals surface area contributed by atoms with Crippen molar-refractivity contribution in [2.24, 2.45) is 5.11 Å². The Morgan fingerprint density at radius 3 is 2.60 bits per heavy atom. The number of hydrogen-bond donors (Lipinski definition) is 0. The number of hydrogen-bond acceptors (Lipinski definition) is 3. The number of rotatable bonds is 5. The molecule has 20 heavy (non-hydrogen) atoms. The molecule has 0 aliphatic heterocycles. The van der Waals surface area contributed by atoms with Crippen molar-refractivity contribution in [3.63, 3.8) is 0 Å². The number of pyridine rings is 1. The number of nitrogens with zero attached hydrogens (tertiary/aromatic N) is 4. The standard InChI is InChI=1S/C13H21BrN4OSi/c1-13(2,3)20(4,5)19-9-11(17-18-15)10-7-6-8-12(14)16-10/h6-8,11H,9H2,1-5H3/t11-/m1/s1. The van der Waals surface area contributed by atoms with E-state index in [2.05, 4.69) is 64.8 Å². The highest BCUT2D eigenvalue weighted by Gasteiger charge is 2.37. The summed E-state index contributed by atoms with van der Waals surface area (Å²) in [6.45, 7) is 11.3. The Hall–Kier alpha value is -0.883. The van der Waals surface area contributed by atoms with Crippen molar-refractivity contribution < 1.29 is 4.43 Å². The Bertz CT molecular complexity index is 509. The highest BCUT2D eigenvalue weighted by Crippen LogP contribution is 2.37. The van der Waals surface area contributed by atoms with Crippen LogP contribution in [0.1, 0.15) is 32.5 Å². The zero-order chi connectivity index (χ0) is 15.4. The van der Waals surface area contributed by atoms with Crippen LogP contribution < -0.4 is 0 Å². The Morgan fingerprint density at radius 2 is 2.10 bits per heavy atom. The lowest BCUT2D eigenvalue weighted by molar-refractivity contribution is 0.262. The van der Waals surface area contributed by atoms with Gasteiger partial charge in [-0.1, -0.05) is 32.0 Å². The maximum atomic E-state index is 8.73. The second kappa shape index (κ2) is 6.71. The van der Waals surface area contributed by atoms with Crippen LogP contribution in [0.25, 0.3) is 10.4 Å². The highest BCUT2D eigenvalue weighted by molar-refractivity contribution is 9.10. The van der Waals surface area contributed by atoms with Crippen molar-refractivity contribution in [1.29, 1.82) is 0 Å². The van der Waals surface area contributed by atoms with Crippen molar-refractivity contribution in [1.82, 2.24) is 4.98 Å². The van der Waals surface area contributed by atoms with Crippen LogP contribution in [0.2, 0.25) is 18.1 Å².